The number of benzene rings is 6. The predicted molar refractivity (Wildman–Crippen MR) is 196 cm³/mol. The highest BCUT2D eigenvalue weighted by Crippen LogP contribution is 2.45. The third-order valence-electron chi connectivity index (χ3n) is 8.85. The molecule has 0 aliphatic carbocycles. The van der Waals surface area contributed by atoms with Gasteiger partial charge in [-0.05, 0) is 76.3 Å². The Morgan fingerprint density at radius 3 is 2.17 bits per heavy atom. The lowest BCUT2D eigenvalue weighted by Crippen LogP contribution is -1.89. The molecule has 4 aromatic heterocycles. The summed E-state index contributed by atoms with van der Waals surface area (Å²) in [6, 6.07) is 45.0. The zero-order valence-corrected chi connectivity index (χ0v) is 26.5. The van der Waals surface area contributed by atoms with Gasteiger partial charge in [-0.1, -0.05) is 84.9 Å². The number of fused-ring (bicyclic) bond motifs is 9. The number of hydrogen-bond donors (Lipinski definition) is 0. The smallest absolute Gasteiger partial charge is 0.223 e. The zero-order valence-electron chi connectivity index (χ0n) is 24.1. The third-order valence-corrected chi connectivity index (χ3v) is 11.3. The van der Waals surface area contributed by atoms with Crippen LogP contribution in [0.2, 0.25) is 5.28 Å². The zero-order chi connectivity index (χ0) is 30.4. The fourth-order valence-corrected chi connectivity index (χ4v) is 9.16. The van der Waals surface area contributed by atoms with Gasteiger partial charge in [-0.15, -0.1) is 22.7 Å². The average molecular weight is 645 g/mol. The molecule has 0 N–H and O–H groups in total. The van der Waals surface area contributed by atoms with E-state index in [-0.39, 0.29) is 5.28 Å². The molecule has 0 atom stereocenters. The molecule has 0 saturated heterocycles. The molecule has 0 fully saturated rings. The van der Waals surface area contributed by atoms with Gasteiger partial charge >= 0.3 is 0 Å². The molecule has 0 spiro atoms. The van der Waals surface area contributed by atoms with Gasteiger partial charge in [0.1, 0.15) is 11.2 Å². The van der Waals surface area contributed by atoms with Crippen LogP contribution in [-0.2, 0) is 0 Å². The Kier molecular flexibility index (Phi) is 5.67. The Balaban J connectivity index is 1.18. The van der Waals surface area contributed by atoms with Gasteiger partial charge in [0.15, 0.2) is 0 Å². The van der Waals surface area contributed by atoms with Crippen molar-refractivity contribution >= 4 is 96.7 Å². The van der Waals surface area contributed by atoms with Gasteiger partial charge < -0.3 is 4.42 Å². The van der Waals surface area contributed by atoms with Gasteiger partial charge in [0.05, 0.1) is 15.9 Å². The van der Waals surface area contributed by atoms with Crippen LogP contribution in [0.5, 0.6) is 0 Å². The summed E-state index contributed by atoms with van der Waals surface area (Å²) in [4.78, 5) is 9.57. The largest absolute Gasteiger partial charge is 0.456 e. The first kappa shape index (κ1) is 26.2. The maximum atomic E-state index is 6.65. The van der Waals surface area contributed by atoms with Crippen LogP contribution in [0.3, 0.4) is 0 Å². The molecule has 0 radical (unpaired) electrons. The monoisotopic (exact) mass is 644 g/mol. The van der Waals surface area contributed by atoms with E-state index in [4.69, 9.17) is 26.0 Å². The van der Waals surface area contributed by atoms with E-state index in [9.17, 15) is 0 Å². The van der Waals surface area contributed by atoms with E-state index < -0.39 is 0 Å². The molecule has 0 aliphatic heterocycles. The van der Waals surface area contributed by atoms with Crippen LogP contribution in [0.4, 0.5) is 0 Å². The molecule has 6 aromatic carbocycles. The molecule has 0 saturated carbocycles. The fraction of sp³-hybridized carbons (Fsp3) is 0. The van der Waals surface area contributed by atoms with Crippen molar-refractivity contribution in [1.82, 2.24) is 9.97 Å². The van der Waals surface area contributed by atoms with E-state index in [1.165, 1.54) is 36.9 Å². The predicted octanol–water partition coefficient (Wildman–Crippen LogP) is 12.8. The van der Waals surface area contributed by atoms with Crippen LogP contribution in [0.1, 0.15) is 0 Å². The molecule has 6 heteroatoms. The van der Waals surface area contributed by atoms with Crippen LogP contribution in [-0.4, -0.2) is 9.97 Å². The van der Waals surface area contributed by atoms with Crippen LogP contribution >= 0.6 is 34.3 Å². The van der Waals surface area contributed by atoms with E-state index in [0.717, 1.165) is 59.1 Å². The molecule has 10 rings (SSSR count). The summed E-state index contributed by atoms with van der Waals surface area (Å²) in [5, 5.41) is 5.97. The van der Waals surface area contributed by atoms with Crippen molar-refractivity contribution in [3.05, 3.63) is 133 Å². The molecule has 216 valence electrons. The second kappa shape index (κ2) is 9.96. The summed E-state index contributed by atoms with van der Waals surface area (Å²) in [5.74, 6) is 0. The van der Waals surface area contributed by atoms with Crippen LogP contribution in [0.25, 0.3) is 95.9 Å². The topological polar surface area (TPSA) is 38.9 Å². The van der Waals surface area contributed by atoms with Crippen molar-refractivity contribution < 1.29 is 4.42 Å². The average Bonchev–Trinajstić information content (AvgIpc) is 3.78. The molecular formula is C40H21ClN2OS2. The number of rotatable bonds is 3. The van der Waals surface area contributed by atoms with Gasteiger partial charge in [-0.25, -0.2) is 9.97 Å². The molecule has 4 heterocycles. The molecule has 0 aliphatic rings. The highest BCUT2D eigenvalue weighted by molar-refractivity contribution is 7.26. The molecule has 0 amide bonds. The van der Waals surface area contributed by atoms with Gasteiger partial charge in [-0.2, -0.15) is 0 Å². The third kappa shape index (κ3) is 3.96. The van der Waals surface area contributed by atoms with Gasteiger partial charge in [0.25, 0.3) is 0 Å². The van der Waals surface area contributed by atoms with E-state index >= 15 is 0 Å². The Bertz CT molecular complexity index is 2830. The maximum absolute atomic E-state index is 6.65. The molecule has 0 bridgehead atoms. The van der Waals surface area contributed by atoms with Crippen molar-refractivity contribution in [2.24, 2.45) is 0 Å². The Morgan fingerprint density at radius 2 is 1.26 bits per heavy atom. The summed E-state index contributed by atoms with van der Waals surface area (Å²) in [6.45, 7) is 0. The minimum Gasteiger partial charge on any atom is -0.456 e. The highest BCUT2D eigenvalue weighted by Gasteiger charge is 2.20. The Morgan fingerprint density at radius 1 is 0.500 bits per heavy atom. The Hall–Kier alpha value is -5.07. The SMILES string of the molecule is Clc1nc(-c2cccc3oc4ccc(-c5ccc6sc7ccccc7c6c5)cc4c23)c2sc3cc(-c4ccccc4)ccc3c2n1. The molecule has 10 aromatic rings. The number of aromatic nitrogens is 2. The van der Waals surface area contributed by atoms with E-state index in [1.807, 2.05) is 29.5 Å². The first-order valence-electron chi connectivity index (χ1n) is 15.0. The van der Waals surface area contributed by atoms with Crippen LogP contribution in [0.15, 0.2) is 132 Å². The lowest BCUT2D eigenvalue weighted by Gasteiger charge is -2.06. The molecule has 0 unspecified atom stereocenters. The number of thiophene rings is 2. The standard InChI is InChI=1S/C40H21ClN2OS2/c41-40-42-37-27-16-13-25(22-7-2-1-3-8-22)21-35(27)46-39(37)38(43-40)28-10-6-11-32-36(28)30-20-23(14-17-31(30)44-32)24-15-18-34-29(19-24)26-9-4-5-12-33(26)45-34/h1-21H. The van der Waals surface area contributed by atoms with Crippen molar-refractivity contribution in [3.63, 3.8) is 0 Å². The quantitative estimate of drug-likeness (QED) is 0.180. The van der Waals surface area contributed by atoms with Crippen molar-refractivity contribution in [2.45, 2.75) is 0 Å². The summed E-state index contributed by atoms with van der Waals surface area (Å²) >= 11 is 10.2. The number of nitrogens with zero attached hydrogens (tertiary/aromatic N) is 2. The first-order chi connectivity index (χ1) is 22.7. The number of halogens is 1. The maximum Gasteiger partial charge on any atom is 0.223 e. The molecule has 3 nitrogen and oxygen atoms in total. The summed E-state index contributed by atoms with van der Waals surface area (Å²) < 4.78 is 11.2. The van der Waals surface area contributed by atoms with Crippen molar-refractivity contribution in [1.29, 1.82) is 0 Å². The second-order valence-electron chi connectivity index (χ2n) is 11.5. The lowest BCUT2D eigenvalue weighted by molar-refractivity contribution is 0.669. The first-order valence-corrected chi connectivity index (χ1v) is 17.0. The summed E-state index contributed by atoms with van der Waals surface area (Å²) in [5.41, 5.74) is 9.01. The normalized spacial score (nSPS) is 12.0. The van der Waals surface area contributed by atoms with Crippen molar-refractivity contribution in [3.8, 4) is 33.5 Å². The van der Waals surface area contributed by atoms with E-state index in [2.05, 4.69) is 109 Å². The van der Waals surface area contributed by atoms with Gasteiger partial charge in [0.2, 0.25) is 5.28 Å². The summed E-state index contributed by atoms with van der Waals surface area (Å²) in [7, 11) is 0. The Labute approximate surface area is 276 Å². The lowest BCUT2D eigenvalue weighted by atomic mass is 9.98. The summed E-state index contributed by atoms with van der Waals surface area (Å²) in [6.07, 6.45) is 0. The van der Waals surface area contributed by atoms with Crippen molar-refractivity contribution in [2.75, 3.05) is 0 Å². The van der Waals surface area contributed by atoms with Crippen LogP contribution in [0, 0.1) is 0 Å². The number of furan rings is 1. The van der Waals surface area contributed by atoms with E-state index in [1.54, 1.807) is 11.3 Å². The second-order valence-corrected chi connectivity index (χ2v) is 14.0. The number of hydrogen-bond acceptors (Lipinski definition) is 5. The van der Waals surface area contributed by atoms with Gasteiger partial charge in [-0.3, -0.25) is 0 Å². The minimum atomic E-state index is 0.233. The highest BCUT2D eigenvalue weighted by atomic mass is 35.5. The molecular weight excluding hydrogens is 624 g/mol. The van der Waals surface area contributed by atoms with Crippen LogP contribution < -0.4 is 0 Å². The minimum absolute atomic E-state index is 0.233. The van der Waals surface area contributed by atoms with Gasteiger partial charge in [0, 0.05) is 46.6 Å². The molecule has 46 heavy (non-hydrogen) atoms. The fourth-order valence-electron chi connectivity index (χ4n) is 6.72. The van der Waals surface area contributed by atoms with E-state index in [0.29, 0.717) is 0 Å².